The van der Waals surface area contributed by atoms with Gasteiger partial charge in [-0.2, -0.15) is 0 Å². The van der Waals surface area contributed by atoms with Crippen LogP contribution in [0.15, 0.2) is 24.3 Å². The second kappa shape index (κ2) is 8.20. The molecule has 0 atom stereocenters. The fraction of sp³-hybridized carbons (Fsp3) is 0.571. The normalized spacial score (nSPS) is 19.0. The van der Waals surface area contributed by atoms with Crippen LogP contribution in [0.5, 0.6) is 5.75 Å². The third-order valence-corrected chi connectivity index (χ3v) is 5.30. The van der Waals surface area contributed by atoms with Gasteiger partial charge in [-0.3, -0.25) is 14.4 Å². The molecule has 1 aromatic carbocycles. The third kappa shape index (κ3) is 4.13. The number of amides is 2. The van der Waals surface area contributed by atoms with E-state index in [4.69, 9.17) is 9.47 Å². The summed E-state index contributed by atoms with van der Waals surface area (Å²) < 4.78 is 10.9. The number of carbonyl (C=O) groups excluding carboxylic acids is 3. The summed E-state index contributed by atoms with van der Waals surface area (Å²) in [4.78, 5) is 40.7. The summed E-state index contributed by atoms with van der Waals surface area (Å²) in [7, 11) is 0. The van der Waals surface area contributed by atoms with Crippen molar-refractivity contribution in [3.05, 3.63) is 24.3 Å². The largest absolute Gasteiger partial charge is 0.476 e. The quantitative estimate of drug-likeness (QED) is 0.724. The lowest BCUT2D eigenvalue weighted by molar-refractivity contribution is -0.151. The molecule has 1 fully saturated rings. The summed E-state index contributed by atoms with van der Waals surface area (Å²) in [5.74, 6) is 0.191. The summed E-state index contributed by atoms with van der Waals surface area (Å²) in [6.07, 6.45) is 1.48. The van der Waals surface area contributed by atoms with E-state index >= 15 is 0 Å². The predicted molar refractivity (Wildman–Crippen MR) is 104 cm³/mol. The first-order valence-electron chi connectivity index (χ1n) is 9.88. The number of para-hydroxylation sites is 2. The Kier molecular flexibility index (Phi) is 5.91. The SMILES string of the molecule is CCOC(=O)C1CCN(C(=O)CCN2C(=O)C(C)(C)Oc3ccccc32)CC1. The molecule has 1 aromatic rings. The van der Waals surface area contributed by atoms with Crippen LogP contribution in [0.25, 0.3) is 0 Å². The topological polar surface area (TPSA) is 76.2 Å². The Morgan fingerprint density at radius 2 is 1.89 bits per heavy atom. The Balaban J connectivity index is 1.59. The molecule has 0 spiro atoms. The molecule has 2 aliphatic rings. The molecule has 2 aliphatic heterocycles. The summed E-state index contributed by atoms with van der Waals surface area (Å²) >= 11 is 0. The van der Waals surface area contributed by atoms with Gasteiger partial charge in [0.2, 0.25) is 5.91 Å². The first-order chi connectivity index (χ1) is 13.3. The lowest BCUT2D eigenvalue weighted by Gasteiger charge is -2.39. The van der Waals surface area contributed by atoms with E-state index in [0.29, 0.717) is 50.5 Å². The first-order valence-corrected chi connectivity index (χ1v) is 9.88. The molecule has 0 radical (unpaired) electrons. The fourth-order valence-corrected chi connectivity index (χ4v) is 3.73. The number of likely N-dealkylation sites (tertiary alicyclic amines) is 1. The highest BCUT2D eigenvalue weighted by Gasteiger charge is 2.41. The Labute approximate surface area is 165 Å². The van der Waals surface area contributed by atoms with Crippen LogP contribution in [-0.2, 0) is 19.1 Å². The zero-order valence-corrected chi connectivity index (χ0v) is 16.8. The molecule has 2 heterocycles. The molecular weight excluding hydrogens is 360 g/mol. The van der Waals surface area contributed by atoms with E-state index < -0.39 is 5.60 Å². The highest BCUT2D eigenvalue weighted by atomic mass is 16.5. The van der Waals surface area contributed by atoms with E-state index in [1.807, 2.05) is 24.3 Å². The Morgan fingerprint density at radius 3 is 2.57 bits per heavy atom. The predicted octanol–water partition coefficient (Wildman–Crippen LogP) is 2.38. The van der Waals surface area contributed by atoms with E-state index in [9.17, 15) is 14.4 Å². The summed E-state index contributed by atoms with van der Waals surface area (Å²) in [6.45, 7) is 7.04. The first kappa shape index (κ1) is 20.2. The molecule has 0 bridgehead atoms. The molecule has 2 amide bonds. The van der Waals surface area contributed by atoms with Gasteiger partial charge >= 0.3 is 5.97 Å². The fourth-order valence-electron chi connectivity index (χ4n) is 3.73. The van der Waals surface area contributed by atoms with Crippen molar-refractivity contribution in [2.45, 2.75) is 45.6 Å². The Hall–Kier alpha value is -2.57. The number of rotatable bonds is 5. The van der Waals surface area contributed by atoms with Crippen molar-refractivity contribution in [1.82, 2.24) is 4.90 Å². The molecule has 0 N–H and O–H groups in total. The van der Waals surface area contributed by atoms with Gasteiger partial charge in [0, 0.05) is 26.1 Å². The van der Waals surface area contributed by atoms with Crippen LogP contribution in [0.1, 0.15) is 40.0 Å². The van der Waals surface area contributed by atoms with Crippen LogP contribution in [0.4, 0.5) is 5.69 Å². The smallest absolute Gasteiger partial charge is 0.309 e. The Bertz CT molecular complexity index is 753. The van der Waals surface area contributed by atoms with Gasteiger partial charge in [-0.05, 0) is 45.7 Å². The number of anilines is 1. The molecule has 7 heteroatoms. The lowest BCUT2D eigenvalue weighted by Crippen LogP contribution is -2.53. The summed E-state index contributed by atoms with van der Waals surface area (Å²) in [5, 5.41) is 0. The van der Waals surface area contributed by atoms with Gasteiger partial charge in [-0.25, -0.2) is 0 Å². The maximum Gasteiger partial charge on any atom is 0.309 e. The molecule has 28 heavy (non-hydrogen) atoms. The van der Waals surface area contributed by atoms with Crippen LogP contribution in [0, 0.1) is 5.92 Å². The number of hydrogen-bond acceptors (Lipinski definition) is 5. The second-order valence-electron chi connectivity index (χ2n) is 7.69. The maximum absolute atomic E-state index is 12.8. The minimum absolute atomic E-state index is 0.00288. The molecule has 3 rings (SSSR count). The van der Waals surface area contributed by atoms with E-state index in [1.54, 1.807) is 30.6 Å². The van der Waals surface area contributed by atoms with Crippen molar-refractivity contribution in [2.24, 2.45) is 5.92 Å². The number of hydrogen-bond donors (Lipinski definition) is 0. The monoisotopic (exact) mass is 388 g/mol. The molecule has 0 saturated carbocycles. The molecule has 1 saturated heterocycles. The van der Waals surface area contributed by atoms with Crippen LogP contribution < -0.4 is 9.64 Å². The summed E-state index contributed by atoms with van der Waals surface area (Å²) in [5.41, 5.74) is -0.268. The van der Waals surface area contributed by atoms with Gasteiger partial charge in [-0.1, -0.05) is 12.1 Å². The van der Waals surface area contributed by atoms with Gasteiger partial charge in [0.05, 0.1) is 18.2 Å². The number of benzene rings is 1. The maximum atomic E-state index is 12.8. The van der Waals surface area contributed by atoms with Gasteiger partial charge in [-0.15, -0.1) is 0 Å². The van der Waals surface area contributed by atoms with Crippen molar-refractivity contribution in [3.8, 4) is 5.75 Å². The number of piperidine rings is 1. The minimum atomic E-state index is -0.963. The average molecular weight is 388 g/mol. The van der Waals surface area contributed by atoms with Crippen molar-refractivity contribution >= 4 is 23.5 Å². The average Bonchev–Trinajstić information content (AvgIpc) is 2.68. The van der Waals surface area contributed by atoms with Crippen LogP contribution in [-0.4, -0.2) is 54.5 Å². The van der Waals surface area contributed by atoms with E-state index in [0.717, 1.165) is 0 Å². The molecule has 0 aromatic heterocycles. The van der Waals surface area contributed by atoms with Crippen LogP contribution >= 0.6 is 0 Å². The van der Waals surface area contributed by atoms with E-state index in [1.165, 1.54) is 0 Å². The lowest BCUT2D eigenvalue weighted by atomic mass is 9.97. The number of carbonyl (C=O) groups is 3. The Morgan fingerprint density at radius 1 is 1.21 bits per heavy atom. The van der Waals surface area contributed by atoms with Crippen molar-refractivity contribution < 1.29 is 23.9 Å². The molecule has 0 unspecified atom stereocenters. The third-order valence-electron chi connectivity index (χ3n) is 5.30. The number of ether oxygens (including phenoxy) is 2. The molecular formula is C21H28N2O5. The standard InChI is InChI=1S/C21H28N2O5/c1-4-27-19(25)15-9-12-22(13-10-15)18(24)11-14-23-16-7-5-6-8-17(16)28-21(2,3)20(23)26/h5-8,15H,4,9-14H2,1-3H3. The van der Waals surface area contributed by atoms with Crippen molar-refractivity contribution in [3.63, 3.8) is 0 Å². The number of nitrogens with zero attached hydrogens (tertiary/aromatic N) is 2. The van der Waals surface area contributed by atoms with E-state index in [2.05, 4.69) is 0 Å². The van der Waals surface area contributed by atoms with Gasteiger partial charge < -0.3 is 19.3 Å². The zero-order valence-electron chi connectivity index (χ0n) is 16.8. The van der Waals surface area contributed by atoms with Crippen LogP contribution in [0.2, 0.25) is 0 Å². The molecule has 7 nitrogen and oxygen atoms in total. The van der Waals surface area contributed by atoms with Crippen molar-refractivity contribution in [2.75, 3.05) is 31.1 Å². The number of esters is 1. The summed E-state index contributed by atoms with van der Waals surface area (Å²) in [6, 6.07) is 7.38. The highest BCUT2D eigenvalue weighted by molar-refractivity contribution is 6.02. The van der Waals surface area contributed by atoms with Crippen LogP contribution in [0.3, 0.4) is 0 Å². The highest BCUT2D eigenvalue weighted by Crippen LogP contribution is 2.37. The van der Waals surface area contributed by atoms with Gasteiger partial charge in [0.1, 0.15) is 5.75 Å². The van der Waals surface area contributed by atoms with Gasteiger partial charge in [0.15, 0.2) is 5.60 Å². The van der Waals surface area contributed by atoms with Gasteiger partial charge in [0.25, 0.3) is 5.91 Å². The number of fused-ring (bicyclic) bond motifs is 1. The second-order valence-corrected chi connectivity index (χ2v) is 7.69. The molecule has 0 aliphatic carbocycles. The minimum Gasteiger partial charge on any atom is -0.476 e. The zero-order chi connectivity index (χ0) is 20.3. The van der Waals surface area contributed by atoms with Crippen molar-refractivity contribution in [1.29, 1.82) is 0 Å². The molecule has 152 valence electrons. The van der Waals surface area contributed by atoms with E-state index in [-0.39, 0.29) is 30.1 Å².